The van der Waals surface area contributed by atoms with E-state index in [1.54, 1.807) is 6.08 Å². The molecule has 4 aliphatic carbocycles. The lowest BCUT2D eigenvalue weighted by Gasteiger charge is -2.64. The number of carbonyl (C=O) groups excluding carboxylic acids is 1. The molecule has 0 amide bonds. The molecule has 4 fully saturated rings. The number of esters is 1. The summed E-state index contributed by atoms with van der Waals surface area (Å²) in [5, 5.41) is 32.8. The molecule has 5 nitrogen and oxygen atoms in total. The number of carbonyl (C=O) groups is 1. The zero-order valence-corrected chi connectivity index (χ0v) is 16.9. The van der Waals surface area contributed by atoms with E-state index in [9.17, 15) is 20.1 Å². The third kappa shape index (κ3) is 2.33. The molecule has 28 heavy (non-hydrogen) atoms. The Bertz CT molecular complexity index is 703. The summed E-state index contributed by atoms with van der Waals surface area (Å²) in [6.45, 7) is 2.78. The van der Waals surface area contributed by atoms with Gasteiger partial charge in [-0.05, 0) is 92.4 Å². The van der Waals surface area contributed by atoms with Crippen LogP contribution < -0.4 is 0 Å². The summed E-state index contributed by atoms with van der Waals surface area (Å²) in [7, 11) is 0. The van der Waals surface area contributed by atoms with Gasteiger partial charge < -0.3 is 20.1 Å². The highest BCUT2D eigenvalue weighted by Gasteiger charge is 2.68. The molecule has 0 aromatic heterocycles. The average Bonchev–Trinajstić information content (AvgIpc) is 3.22. The molecule has 4 saturated carbocycles. The van der Waals surface area contributed by atoms with Gasteiger partial charge >= 0.3 is 5.97 Å². The highest BCUT2D eigenvalue weighted by molar-refractivity contribution is 5.85. The van der Waals surface area contributed by atoms with Crippen LogP contribution in [0.3, 0.4) is 0 Å². The summed E-state index contributed by atoms with van der Waals surface area (Å²) in [6, 6.07) is 0. The van der Waals surface area contributed by atoms with Gasteiger partial charge in [0.25, 0.3) is 0 Å². The fraction of sp³-hybridized carbons (Fsp3) is 0.870. The second-order valence-corrected chi connectivity index (χ2v) is 10.6. The molecule has 5 rings (SSSR count). The fourth-order valence-corrected chi connectivity index (χ4v) is 8.49. The van der Waals surface area contributed by atoms with Crippen LogP contribution in [0, 0.1) is 34.5 Å². The van der Waals surface area contributed by atoms with E-state index in [1.807, 2.05) is 0 Å². The largest absolute Gasteiger partial charge is 0.458 e. The molecule has 5 aliphatic rings. The molecule has 1 aliphatic heterocycles. The summed E-state index contributed by atoms with van der Waals surface area (Å²) >= 11 is 0. The maximum absolute atomic E-state index is 12.1. The van der Waals surface area contributed by atoms with E-state index >= 15 is 0 Å². The zero-order chi connectivity index (χ0) is 19.7. The van der Waals surface area contributed by atoms with Gasteiger partial charge in [0.05, 0.1) is 11.7 Å². The molecule has 0 saturated heterocycles. The van der Waals surface area contributed by atoms with Crippen molar-refractivity contribution >= 4 is 5.97 Å². The first-order valence-corrected chi connectivity index (χ1v) is 11.2. The molecular formula is C23H34O5. The molecule has 156 valence electrons. The summed E-state index contributed by atoms with van der Waals surface area (Å²) in [6.07, 6.45) is 9.47. The highest BCUT2D eigenvalue weighted by atomic mass is 16.5. The number of aliphatic hydroxyl groups is 3. The maximum atomic E-state index is 12.1. The summed E-state index contributed by atoms with van der Waals surface area (Å²) in [5.41, 5.74) is -0.0431. The van der Waals surface area contributed by atoms with Gasteiger partial charge in [-0.2, -0.15) is 0 Å². The van der Waals surface area contributed by atoms with Gasteiger partial charge in [0, 0.05) is 18.1 Å². The van der Waals surface area contributed by atoms with Gasteiger partial charge in [-0.15, -0.1) is 0 Å². The zero-order valence-electron chi connectivity index (χ0n) is 16.9. The van der Waals surface area contributed by atoms with Gasteiger partial charge in [0.15, 0.2) is 0 Å². The molecule has 0 aromatic carbocycles. The third-order valence-corrected chi connectivity index (χ3v) is 9.95. The van der Waals surface area contributed by atoms with E-state index in [0.29, 0.717) is 18.4 Å². The van der Waals surface area contributed by atoms with Crippen molar-refractivity contribution in [3.63, 3.8) is 0 Å². The number of hydrogen-bond acceptors (Lipinski definition) is 5. The predicted octanol–water partition coefficient (Wildman–Crippen LogP) is 2.58. The molecule has 0 bridgehead atoms. The number of rotatable bonds is 2. The van der Waals surface area contributed by atoms with Gasteiger partial charge in [0.1, 0.15) is 6.61 Å². The van der Waals surface area contributed by atoms with Gasteiger partial charge in [-0.25, -0.2) is 4.79 Å². The smallest absolute Gasteiger partial charge is 0.331 e. The Morgan fingerprint density at radius 2 is 1.93 bits per heavy atom. The van der Waals surface area contributed by atoms with Crippen molar-refractivity contribution in [3.8, 4) is 0 Å². The Balaban J connectivity index is 1.48. The normalized spacial score (nSPS) is 53.1. The molecular weight excluding hydrogens is 356 g/mol. The fourth-order valence-electron chi connectivity index (χ4n) is 8.49. The van der Waals surface area contributed by atoms with E-state index in [1.165, 1.54) is 0 Å². The number of cyclic esters (lactones) is 1. The predicted molar refractivity (Wildman–Crippen MR) is 103 cm³/mol. The lowest BCUT2D eigenvalue weighted by Crippen LogP contribution is -2.63. The van der Waals surface area contributed by atoms with Crippen LogP contribution in [0.2, 0.25) is 0 Å². The first-order chi connectivity index (χ1) is 13.3. The molecule has 8 atom stereocenters. The SMILES string of the molecule is C[C@]12CC[C@H]3[C@@H](CC[C@H]4C[C@@H](O)CC[C@@]43CO)[C@@]1(O)CC[C@H]2C1=CC(=O)OC1. The molecule has 0 radical (unpaired) electrons. The second-order valence-electron chi connectivity index (χ2n) is 10.6. The topological polar surface area (TPSA) is 87.0 Å². The minimum absolute atomic E-state index is 0.136. The van der Waals surface area contributed by atoms with E-state index in [4.69, 9.17) is 4.74 Å². The van der Waals surface area contributed by atoms with Crippen molar-refractivity contribution in [3.05, 3.63) is 11.6 Å². The Morgan fingerprint density at radius 1 is 1.11 bits per heavy atom. The van der Waals surface area contributed by atoms with Crippen molar-refractivity contribution in [2.24, 2.45) is 34.5 Å². The monoisotopic (exact) mass is 390 g/mol. The Kier molecular flexibility index (Phi) is 4.29. The van der Waals surface area contributed by atoms with Crippen LogP contribution >= 0.6 is 0 Å². The summed E-state index contributed by atoms with van der Waals surface area (Å²) in [4.78, 5) is 11.6. The molecule has 3 N–H and O–H groups in total. The van der Waals surface area contributed by atoms with Crippen LogP contribution in [-0.2, 0) is 9.53 Å². The first-order valence-electron chi connectivity index (χ1n) is 11.2. The molecule has 0 spiro atoms. The molecule has 0 unspecified atom stereocenters. The minimum atomic E-state index is -0.740. The molecule has 0 aromatic rings. The van der Waals surface area contributed by atoms with Crippen molar-refractivity contribution in [2.45, 2.75) is 76.4 Å². The lowest BCUT2D eigenvalue weighted by atomic mass is 9.43. The van der Waals surface area contributed by atoms with E-state index in [2.05, 4.69) is 6.92 Å². The van der Waals surface area contributed by atoms with Crippen molar-refractivity contribution in [2.75, 3.05) is 13.2 Å². The third-order valence-electron chi connectivity index (χ3n) is 9.95. The van der Waals surface area contributed by atoms with E-state index in [-0.39, 0.29) is 41.3 Å². The number of hydrogen-bond donors (Lipinski definition) is 3. The van der Waals surface area contributed by atoms with Crippen LogP contribution in [0.25, 0.3) is 0 Å². The first kappa shape index (κ1) is 19.1. The van der Waals surface area contributed by atoms with Crippen LogP contribution in [-0.4, -0.2) is 46.2 Å². The lowest BCUT2D eigenvalue weighted by molar-refractivity contribution is -0.219. The van der Waals surface area contributed by atoms with Crippen LogP contribution in [0.15, 0.2) is 11.6 Å². The Hall–Kier alpha value is -0.910. The van der Waals surface area contributed by atoms with E-state index < -0.39 is 5.60 Å². The van der Waals surface area contributed by atoms with Crippen LogP contribution in [0.5, 0.6) is 0 Å². The quantitative estimate of drug-likeness (QED) is 0.631. The van der Waals surface area contributed by atoms with Crippen molar-refractivity contribution in [1.82, 2.24) is 0 Å². The van der Waals surface area contributed by atoms with Crippen LogP contribution in [0.4, 0.5) is 0 Å². The number of fused-ring (bicyclic) bond motifs is 5. The number of aliphatic hydroxyl groups excluding tert-OH is 2. The Morgan fingerprint density at radius 3 is 2.64 bits per heavy atom. The van der Waals surface area contributed by atoms with E-state index in [0.717, 1.165) is 63.4 Å². The summed E-state index contributed by atoms with van der Waals surface area (Å²) < 4.78 is 5.19. The number of ether oxygens (including phenoxy) is 1. The summed E-state index contributed by atoms with van der Waals surface area (Å²) in [5.74, 6) is 0.866. The van der Waals surface area contributed by atoms with Crippen molar-refractivity contribution in [1.29, 1.82) is 0 Å². The van der Waals surface area contributed by atoms with Crippen LogP contribution in [0.1, 0.15) is 64.7 Å². The van der Waals surface area contributed by atoms with Crippen molar-refractivity contribution < 1.29 is 24.9 Å². The molecule has 1 heterocycles. The average molecular weight is 391 g/mol. The highest BCUT2D eigenvalue weighted by Crippen LogP contribution is 2.69. The van der Waals surface area contributed by atoms with Gasteiger partial charge in [0.2, 0.25) is 0 Å². The second kappa shape index (κ2) is 6.29. The minimum Gasteiger partial charge on any atom is -0.458 e. The standard InChI is InChI=1S/C23H34O5/c1-21-7-5-18-19(3-2-15-11-16(25)4-8-22(15,18)13-24)23(21,27)9-6-17(21)14-10-20(26)28-12-14/h10,15-19,24-25,27H,2-9,11-13H2,1H3/t15-,16-,17-,18-,19+,21+,22+,23-/m0/s1. The van der Waals surface area contributed by atoms with Gasteiger partial charge in [-0.1, -0.05) is 6.92 Å². The Labute approximate surface area is 167 Å². The maximum Gasteiger partial charge on any atom is 0.331 e. The van der Waals surface area contributed by atoms with Gasteiger partial charge in [-0.3, -0.25) is 0 Å². The molecule has 5 heteroatoms.